The van der Waals surface area contributed by atoms with E-state index < -0.39 is 0 Å². The monoisotopic (exact) mass is 312 g/mol. The Balaban J connectivity index is 2.08. The lowest BCUT2D eigenvalue weighted by Crippen LogP contribution is -2.07. The molecule has 1 atom stereocenters. The van der Waals surface area contributed by atoms with E-state index in [1.54, 1.807) is 11.3 Å². The van der Waals surface area contributed by atoms with Gasteiger partial charge in [0.05, 0.1) is 6.04 Å². The second-order valence-electron chi connectivity index (χ2n) is 3.61. The summed E-state index contributed by atoms with van der Waals surface area (Å²) in [6.07, 6.45) is 4.50. The van der Waals surface area contributed by atoms with Gasteiger partial charge in [0.25, 0.3) is 0 Å². The first kappa shape index (κ1) is 12.4. The third kappa shape index (κ3) is 3.23. The maximum Gasteiger partial charge on any atom is 0.131 e. The van der Waals surface area contributed by atoms with Gasteiger partial charge in [-0.3, -0.25) is 0 Å². The van der Waals surface area contributed by atoms with Gasteiger partial charge in [-0.25, -0.2) is 15.0 Å². The van der Waals surface area contributed by atoms with Gasteiger partial charge < -0.3 is 5.32 Å². The first-order valence-corrected chi connectivity index (χ1v) is 6.98. The van der Waals surface area contributed by atoms with Gasteiger partial charge in [0.2, 0.25) is 0 Å². The van der Waals surface area contributed by atoms with Crippen molar-refractivity contribution in [1.29, 1.82) is 0 Å². The van der Waals surface area contributed by atoms with Crippen molar-refractivity contribution in [1.82, 2.24) is 15.0 Å². The van der Waals surface area contributed by atoms with Crippen LogP contribution in [0.2, 0.25) is 0 Å². The standard InChI is InChI=1S/C11H13BrN4S/c1-3-8-5-13-11(17-8)7(2)16-10-4-9(12)14-6-15-10/h4-7H,3H2,1-2H3,(H,14,15,16). The first-order valence-electron chi connectivity index (χ1n) is 5.37. The van der Waals surface area contributed by atoms with Crippen LogP contribution in [-0.4, -0.2) is 15.0 Å². The molecule has 1 unspecified atom stereocenters. The number of nitrogens with zero attached hydrogens (tertiary/aromatic N) is 3. The zero-order chi connectivity index (χ0) is 12.3. The summed E-state index contributed by atoms with van der Waals surface area (Å²) in [6, 6.07) is 2.01. The molecular formula is C11H13BrN4S. The number of anilines is 1. The van der Waals surface area contributed by atoms with Crippen molar-refractivity contribution in [2.75, 3.05) is 5.32 Å². The Morgan fingerprint density at radius 2 is 2.24 bits per heavy atom. The molecule has 2 rings (SSSR count). The predicted molar refractivity (Wildman–Crippen MR) is 73.3 cm³/mol. The molecule has 0 aromatic carbocycles. The van der Waals surface area contributed by atoms with Crippen LogP contribution in [0.3, 0.4) is 0 Å². The fourth-order valence-electron chi connectivity index (χ4n) is 1.38. The van der Waals surface area contributed by atoms with Crippen LogP contribution in [-0.2, 0) is 6.42 Å². The molecule has 2 aromatic rings. The Hall–Kier alpha value is -1.01. The number of thiazole rings is 1. The van der Waals surface area contributed by atoms with Crippen LogP contribution in [0.4, 0.5) is 5.82 Å². The average Bonchev–Trinajstić information content (AvgIpc) is 2.77. The quantitative estimate of drug-likeness (QED) is 0.879. The molecule has 17 heavy (non-hydrogen) atoms. The van der Waals surface area contributed by atoms with Gasteiger partial charge >= 0.3 is 0 Å². The maximum atomic E-state index is 4.41. The molecule has 4 nitrogen and oxygen atoms in total. The van der Waals surface area contributed by atoms with Crippen LogP contribution in [0.15, 0.2) is 23.2 Å². The van der Waals surface area contributed by atoms with Crippen molar-refractivity contribution in [2.45, 2.75) is 26.3 Å². The number of aryl methyl sites for hydroxylation is 1. The largest absolute Gasteiger partial charge is 0.361 e. The zero-order valence-corrected chi connectivity index (χ0v) is 12.0. The van der Waals surface area contributed by atoms with Gasteiger partial charge in [0.1, 0.15) is 21.8 Å². The van der Waals surface area contributed by atoms with E-state index in [2.05, 4.69) is 50.0 Å². The highest BCUT2D eigenvalue weighted by Gasteiger charge is 2.10. The molecule has 90 valence electrons. The van der Waals surface area contributed by atoms with Crippen LogP contribution in [0.1, 0.15) is 29.8 Å². The summed E-state index contributed by atoms with van der Waals surface area (Å²) in [7, 11) is 0. The molecule has 0 radical (unpaired) electrons. The number of hydrogen-bond donors (Lipinski definition) is 1. The zero-order valence-electron chi connectivity index (χ0n) is 9.64. The molecule has 0 saturated heterocycles. The van der Waals surface area contributed by atoms with Gasteiger partial charge in [-0.1, -0.05) is 6.92 Å². The molecule has 0 bridgehead atoms. The third-order valence-corrected chi connectivity index (χ3v) is 4.05. The molecule has 0 aliphatic rings. The smallest absolute Gasteiger partial charge is 0.131 e. The summed E-state index contributed by atoms with van der Waals surface area (Å²) in [5.74, 6) is 0.799. The van der Waals surface area contributed by atoms with Crippen LogP contribution < -0.4 is 5.32 Å². The van der Waals surface area contributed by atoms with Crippen LogP contribution >= 0.6 is 27.3 Å². The second-order valence-corrected chi connectivity index (χ2v) is 5.57. The summed E-state index contributed by atoms with van der Waals surface area (Å²) < 4.78 is 0.774. The number of nitrogens with one attached hydrogen (secondary N) is 1. The second kappa shape index (κ2) is 5.55. The van der Waals surface area contributed by atoms with Gasteiger partial charge in [0.15, 0.2) is 0 Å². The number of halogens is 1. The Bertz CT molecular complexity index is 500. The highest BCUT2D eigenvalue weighted by atomic mass is 79.9. The Morgan fingerprint density at radius 1 is 1.41 bits per heavy atom. The molecule has 6 heteroatoms. The summed E-state index contributed by atoms with van der Waals surface area (Å²) in [6.45, 7) is 4.21. The van der Waals surface area contributed by atoms with E-state index in [1.807, 2.05) is 12.3 Å². The van der Waals surface area contributed by atoms with E-state index >= 15 is 0 Å². The number of aromatic nitrogens is 3. The average molecular weight is 313 g/mol. The van der Waals surface area contributed by atoms with Crippen molar-refractivity contribution in [3.05, 3.63) is 33.1 Å². The normalized spacial score (nSPS) is 12.4. The molecular weight excluding hydrogens is 300 g/mol. The fraction of sp³-hybridized carbons (Fsp3) is 0.364. The van der Waals surface area contributed by atoms with Gasteiger partial charge in [-0.2, -0.15) is 0 Å². The molecule has 1 N–H and O–H groups in total. The summed E-state index contributed by atoms with van der Waals surface area (Å²) in [5.41, 5.74) is 0. The van der Waals surface area contributed by atoms with Crippen molar-refractivity contribution in [2.24, 2.45) is 0 Å². The van der Waals surface area contributed by atoms with E-state index in [-0.39, 0.29) is 6.04 Å². The van der Waals surface area contributed by atoms with Crippen LogP contribution in [0, 0.1) is 0 Å². The molecule has 0 fully saturated rings. The Morgan fingerprint density at radius 3 is 2.88 bits per heavy atom. The summed E-state index contributed by atoms with van der Waals surface area (Å²) in [5, 5.41) is 4.38. The predicted octanol–water partition coefficient (Wildman–Crippen LogP) is 3.43. The van der Waals surface area contributed by atoms with E-state index in [1.165, 1.54) is 11.2 Å². The molecule has 2 heterocycles. The van der Waals surface area contributed by atoms with Crippen molar-refractivity contribution < 1.29 is 0 Å². The van der Waals surface area contributed by atoms with E-state index in [9.17, 15) is 0 Å². The lowest BCUT2D eigenvalue weighted by molar-refractivity contribution is 0.857. The Labute approximate surface area is 113 Å². The van der Waals surface area contributed by atoms with Crippen LogP contribution in [0.25, 0.3) is 0 Å². The molecule has 2 aromatic heterocycles. The minimum absolute atomic E-state index is 0.155. The fourth-order valence-corrected chi connectivity index (χ4v) is 2.55. The molecule has 0 saturated carbocycles. The lowest BCUT2D eigenvalue weighted by atomic mass is 10.3. The van der Waals surface area contributed by atoms with Gasteiger partial charge in [0, 0.05) is 17.1 Å². The van der Waals surface area contributed by atoms with Crippen molar-refractivity contribution >= 4 is 33.1 Å². The van der Waals surface area contributed by atoms with E-state index in [4.69, 9.17) is 0 Å². The Kier molecular flexibility index (Phi) is 4.06. The number of rotatable bonds is 4. The third-order valence-electron chi connectivity index (χ3n) is 2.29. The lowest BCUT2D eigenvalue weighted by Gasteiger charge is -2.11. The molecule has 0 aliphatic carbocycles. The molecule has 0 aliphatic heterocycles. The number of hydrogen-bond acceptors (Lipinski definition) is 5. The SMILES string of the molecule is CCc1cnc(C(C)Nc2cc(Br)ncn2)s1. The maximum absolute atomic E-state index is 4.41. The molecule has 0 spiro atoms. The van der Waals surface area contributed by atoms with Crippen molar-refractivity contribution in [3.8, 4) is 0 Å². The molecule has 0 amide bonds. The summed E-state index contributed by atoms with van der Waals surface area (Å²) in [4.78, 5) is 13.9. The van der Waals surface area contributed by atoms with Gasteiger partial charge in [-0.05, 0) is 29.3 Å². The topological polar surface area (TPSA) is 50.7 Å². The van der Waals surface area contributed by atoms with Crippen molar-refractivity contribution in [3.63, 3.8) is 0 Å². The minimum atomic E-state index is 0.155. The highest BCUT2D eigenvalue weighted by molar-refractivity contribution is 9.10. The van der Waals surface area contributed by atoms with E-state index in [0.29, 0.717) is 0 Å². The first-order chi connectivity index (χ1) is 8.19. The van der Waals surface area contributed by atoms with Crippen LogP contribution in [0.5, 0.6) is 0 Å². The summed E-state index contributed by atoms with van der Waals surface area (Å²) >= 11 is 5.06. The minimum Gasteiger partial charge on any atom is -0.361 e. The van der Waals surface area contributed by atoms with Gasteiger partial charge in [-0.15, -0.1) is 11.3 Å². The van der Waals surface area contributed by atoms with E-state index in [0.717, 1.165) is 21.8 Å². The highest BCUT2D eigenvalue weighted by Crippen LogP contribution is 2.23.